The van der Waals surface area contributed by atoms with Crippen molar-refractivity contribution in [3.8, 4) is 5.75 Å². The third kappa shape index (κ3) is 2.92. The van der Waals surface area contributed by atoms with E-state index in [1.54, 1.807) is 30.4 Å². The van der Waals surface area contributed by atoms with Crippen LogP contribution in [0.5, 0.6) is 5.75 Å². The summed E-state index contributed by atoms with van der Waals surface area (Å²) in [6, 6.07) is 7.13. The van der Waals surface area contributed by atoms with Gasteiger partial charge in [-0.05, 0) is 31.2 Å². The number of para-hydroxylation sites is 1. The number of aldehydes is 1. The van der Waals surface area contributed by atoms with Gasteiger partial charge in [0.15, 0.2) is 6.29 Å². The standard InChI is InChI=1S/C12H12O2/c1-2-3-6-9-14-12-8-5-4-7-11(12)10-13/h2,4-8,10H,9H2,1H3. The van der Waals surface area contributed by atoms with Crippen molar-refractivity contribution < 1.29 is 9.53 Å². The lowest BCUT2D eigenvalue weighted by molar-refractivity contribution is 0.112. The Morgan fingerprint density at radius 1 is 1.43 bits per heavy atom. The highest BCUT2D eigenvalue weighted by atomic mass is 16.5. The summed E-state index contributed by atoms with van der Waals surface area (Å²) in [5.74, 6) is 0.608. The first-order valence-corrected chi connectivity index (χ1v) is 4.41. The van der Waals surface area contributed by atoms with E-state index < -0.39 is 0 Å². The van der Waals surface area contributed by atoms with E-state index >= 15 is 0 Å². The molecule has 0 amide bonds. The lowest BCUT2D eigenvalue weighted by atomic mass is 10.2. The molecule has 0 aliphatic heterocycles. The summed E-state index contributed by atoms with van der Waals surface area (Å²) in [5.41, 5.74) is 3.46. The predicted molar refractivity (Wildman–Crippen MR) is 55.7 cm³/mol. The summed E-state index contributed by atoms with van der Waals surface area (Å²) in [4.78, 5) is 10.6. The molecule has 2 heteroatoms. The van der Waals surface area contributed by atoms with Gasteiger partial charge in [-0.15, -0.1) is 5.73 Å². The van der Waals surface area contributed by atoms with Crippen LogP contribution < -0.4 is 4.74 Å². The van der Waals surface area contributed by atoms with Gasteiger partial charge in [0.2, 0.25) is 0 Å². The normalized spacial score (nSPS) is 8.64. The molecular formula is C12H12O2. The molecule has 0 atom stereocenters. The summed E-state index contributed by atoms with van der Waals surface area (Å²) in [5, 5.41) is 0. The summed E-state index contributed by atoms with van der Waals surface area (Å²) in [6.07, 6.45) is 4.35. The van der Waals surface area contributed by atoms with Crippen molar-refractivity contribution in [3.63, 3.8) is 0 Å². The zero-order valence-electron chi connectivity index (χ0n) is 8.07. The fraction of sp³-hybridized carbons (Fsp3) is 0.167. The van der Waals surface area contributed by atoms with Gasteiger partial charge >= 0.3 is 0 Å². The molecule has 14 heavy (non-hydrogen) atoms. The zero-order chi connectivity index (χ0) is 10.2. The van der Waals surface area contributed by atoms with Crippen molar-refractivity contribution in [2.24, 2.45) is 0 Å². The molecule has 1 rings (SSSR count). The maximum Gasteiger partial charge on any atom is 0.153 e. The van der Waals surface area contributed by atoms with Crippen LogP contribution in [0.25, 0.3) is 0 Å². The van der Waals surface area contributed by atoms with E-state index in [9.17, 15) is 4.79 Å². The Balaban J connectivity index is 2.66. The Bertz CT molecular complexity index is 360. The minimum absolute atomic E-state index is 0.426. The molecule has 0 heterocycles. The second-order valence-corrected chi connectivity index (χ2v) is 2.63. The van der Waals surface area contributed by atoms with Gasteiger partial charge in [0.25, 0.3) is 0 Å². The highest BCUT2D eigenvalue weighted by molar-refractivity contribution is 5.79. The number of ether oxygens (including phenoxy) is 1. The van der Waals surface area contributed by atoms with Gasteiger partial charge in [-0.25, -0.2) is 0 Å². The molecule has 0 spiro atoms. The first-order chi connectivity index (χ1) is 6.88. The molecule has 0 aromatic heterocycles. The quantitative estimate of drug-likeness (QED) is 0.536. The van der Waals surface area contributed by atoms with E-state index in [1.165, 1.54) is 0 Å². The highest BCUT2D eigenvalue weighted by Crippen LogP contribution is 2.15. The van der Waals surface area contributed by atoms with Crippen LogP contribution in [0, 0.1) is 0 Å². The van der Waals surface area contributed by atoms with Gasteiger partial charge < -0.3 is 4.74 Å². The second-order valence-electron chi connectivity index (χ2n) is 2.63. The van der Waals surface area contributed by atoms with Crippen molar-refractivity contribution in [1.29, 1.82) is 0 Å². The fourth-order valence-electron chi connectivity index (χ4n) is 1.01. The molecule has 72 valence electrons. The molecule has 0 unspecified atom stereocenters. The maximum atomic E-state index is 10.6. The van der Waals surface area contributed by atoms with Crippen LogP contribution in [-0.4, -0.2) is 12.9 Å². The van der Waals surface area contributed by atoms with Gasteiger partial charge in [-0.2, -0.15) is 0 Å². The summed E-state index contributed by atoms with van der Waals surface area (Å²) < 4.78 is 5.36. The van der Waals surface area contributed by atoms with Crippen LogP contribution in [0.3, 0.4) is 0 Å². The first-order valence-electron chi connectivity index (χ1n) is 4.41. The number of hydrogen-bond donors (Lipinski definition) is 0. The van der Waals surface area contributed by atoms with Crippen LogP contribution in [0.1, 0.15) is 17.3 Å². The number of carbonyl (C=O) groups is 1. The van der Waals surface area contributed by atoms with Crippen molar-refractivity contribution in [1.82, 2.24) is 0 Å². The summed E-state index contributed by atoms with van der Waals surface area (Å²) in [6.45, 7) is 2.31. The van der Waals surface area contributed by atoms with Crippen LogP contribution in [0.2, 0.25) is 0 Å². The second kappa shape index (κ2) is 5.79. The molecule has 0 saturated carbocycles. The molecule has 1 aromatic rings. The molecule has 0 radical (unpaired) electrons. The zero-order valence-corrected chi connectivity index (χ0v) is 8.07. The summed E-state index contributed by atoms with van der Waals surface area (Å²) >= 11 is 0. The van der Waals surface area contributed by atoms with Gasteiger partial charge in [0, 0.05) is 0 Å². The van der Waals surface area contributed by atoms with Crippen molar-refractivity contribution in [2.75, 3.05) is 6.61 Å². The van der Waals surface area contributed by atoms with E-state index in [0.29, 0.717) is 17.9 Å². The first kappa shape index (κ1) is 10.3. The van der Waals surface area contributed by atoms with E-state index in [4.69, 9.17) is 4.74 Å². The van der Waals surface area contributed by atoms with E-state index in [2.05, 4.69) is 5.73 Å². The highest BCUT2D eigenvalue weighted by Gasteiger charge is 1.98. The van der Waals surface area contributed by atoms with Gasteiger partial charge in [0.1, 0.15) is 12.4 Å². The monoisotopic (exact) mass is 188 g/mol. The Hall–Kier alpha value is -1.79. The van der Waals surface area contributed by atoms with Crippen LogP contribution in [0.4, 0.5) is 0 Å². The average Bonchev–Trinajstić information content (AvgIpc) is 2.25. The van der Waals surface area contributed by atoms with Crippen molar-refractivity contribution in [3.05, 3.63) is 47.7 Å². The molecule has 0 aliphatic rings. The summed E-state index contributed by atoms with van der Waals surface area (Å²) in [7, 11) is 0. The molecule has 0 saturated heterocycles. The van der Waals surface area contributed by atoms with E-state index in [1.807, 2.05) is 13.0 Å². The van der Waals surface area contributed by atoms with Crippen molar-refractivity contribution in [2.45, 2.75) is 6.92 Å². The number of rotatable bonds is 4. The topological polar surface area (TPSA) is 26.3 Å². The van der Waals surface area contributed by atoms with Gasteiger partial charge in [0.05, 0.1) is 5.56 Å². The number of carbonyl (C=O) groups excluding carboxylic acids is 1. The Kier molecular flexibility index (Phi) is 4.25. The molecule has 1 aromatic carbocycles. The lowest BCUT2D eigenvalue weighted by Gasteiger charge is -2.04. The van der Waals surface area contributed by atoms with Gasteiger partial charge in [-0.1, -0.05) is 12.1 Å². The molecule has 2 nitrogen and oxygen atoms in total. The number of benzene rings is 1. The Morgan fingerprint density at radius 2 is 2.21 bits per heavy atom. The largest absolute Gasteiger partial charge is 0.488 e. The smallest absolute Gasteiger partial charge is 0.153 e. The van der Waals surface area contributed by atoms with Gasteiger partial charge in [-0.3, -0.25) is 4.79 Å². The average molecular weight is 188 g/mol. The molecule has 0 fully saturated rings. The SMILES string of the molecule is CC=C=CCOc1ccccc1C=O. The Morgan fingerprint density at radius 3 is 2.93 bits per heavy atom. The molecule has 0 N–H and O–H groups in total. The minimum atomic E-state index is 0.426. The molecule has 0 aliphatic carbocycles. The molecule has 0 bridgehead atoms. The minimum Gasteiger partial charge on any atom is -0.488 e. The van der Waals surface area contributed by atoms with Crippen LogP contribution >= 0.6 is 0 Å². The van der Waals surface area contributed by atoms with E-state index in [0.717, 1.165) is 6.29 Å². The maximum absolute atomic E-state index is 10.6. The third-order valence-electron chi connectivity index (χ3n) is 1.65. The lowest BCUT2D eigenvalue weighted by Crippen LogP contribution is -1.96. The predicted octanol–water partition coefficient (Wildman–Crippen LogP) is 2.61. The van der Waals surface area contributed by atoms with E-state index in [-0.39, 0.29) is 0 Å². The third-order valence-corrected chi connectivity index (χ3v) is 1.65. The Labute approximate surface area is 83.5 Å². The van der Waals surface area contributed by atoms with Crippen molar-refractivity contribution >= 4 is 6.29 Å². The molecular weight excluding hydrogens is 176 g/mol. The van der Waals surface area contributed by atoms with Crippen LogP contribution in [0.15, 0.2) is 42.1 Å². The number of hydrogen-bond acceptors (Lipinski definition) is 2. The fourth-order valence-corrected chi connectivity index (χ4v) is 1.01. The van der Waals surface area contributed by atoms with Crippen LogP contribution in [-0.2, 0) is 0 Å².